The van der Waals surface area contributed by atoms with Gasteiger partial charge in [-0.15, -0.1) is 0 Å². The molecule has 0 spiro atoms. The summed E-state index contributed by atoms with van der Waals surface area (Å²) in [4.78, 5) is 15.6. The Morgan fingerprint density at radius 2 is 1.97 bits per heavy atom. The first-order valence-electron chi connectivity index (χ1n) is 11.9. The van der Waals surface area contributed by atoms with Crippen molar-refractivity contribution in [2.75, 3.05) is 39.8 Å². The molecule has 1 atom stereocenters. The number of hydrogen-bond acceptors (Lipinski definition) is 5. The van der Waals surface area contributed by atoms with Gasteiger partial charge in [-0.3, -0.25) is 0 Å². The third kappa shape index (κ3) is 3.84. The first-order valence-corrected chi connectivity index (χ1v) is 11.9. The van der Waals surface area contributed by atoms with Gasteiger partial charge in [-0.25, -0.2) is 4.79 Å². The summed E-state index contributed by atoms with van der Waals surface area (Å²) < 4.78 is 19.4. The molecule has 6 nitrogen and oxygen atoms in total. The van der Waals surface area contributed by atoms with Crippen LogP contribution in [0.25, 0.3) is 16.7 Å². The fourth-order valence-corrected chi connectivity index (χ4v) is 5.56. The van der Waals surface area contributed by atoms with Crippen LogP contribution in [0.5, 0.6) is 0 Å². The Morgan fingerprint density at radius 3 is 2.59 bits per heavy atom. The van der Waals surface area contributed by atoms with Gasteiger partial charge in [-0.2, -0.15) is 0 Å². The Labute approximate surface area is 202 Å². The fourth-order valence-electron chi connectivity index (χ4n) is 5.56. The van der Waals surface area contributed by atoms with Gasteiger partial charge >= 0.3 is 5.97 Å². The summed E-state index contributed by atoms with van der Waals surface area (Å²) in [6, 6.07) is 8.32. The molecule has 1 unspecified atom stereocenters. The lowest BCUT2D eigenvalue weighted by molar-refractivity contribution is 0.0526. The van der Waals surface area contributed by atoms with Crippen molar-refractivity contribution in [1.82, 2.24) is 4.57 Å². The number of carbonyl (C=O) groups excluding carboxylic acids is 1. The van der Waals surface area contributed by atoms with Crippen molar-refractivity contribution in [3.05, 3.63) is 58.6 Å². The maximum Gasteiger partial charge on any atom is 0.340 e. The van der Waals surface area contributed by atoms with Crippen LogP contribution in [-0.4, -0.2) is 51.6 Å². The number of carbonyl (C=O) groups is 1. The number of methoxy groups -OCH3 is 2. The molecule has 1 aliphatic heterocycles. The molecule has 0 saturated heterocycles. The van der Waals surface area contributed by atoms with Gasteiger partial charge in [-0.1, -0.05) is 17.7 Å². The lowest BCUT2D eigenvalue weighted by atomic mass is 9.80. The van der Waals surface area contributed by atoms with Crippen LogP contribution < -0.4 is 4.90 Å². The molecule has 2 heterocycles. The number of nitrogens with zero attached hydrogens (tertiary/aromatic N) is 2. The molecule has 0 amide bonds. The summed E-state index contributed by atoms with van der Waals surface area (Å²) in [5, 5.41) is 0. The third-order valence-electron chi connectivity index (χ3n) is 6.98. The highest BCUT2D eigenvalue weighted by Crippen LogP contribution is 2.49. The van der Waals surface area contributed by atoms with Crippen LogP contribution >= 0.6 is 0 Å². The van der Waals surface area contributed by atoms with E-state index in [1.807, 2.05) is 27.1 Å². The Bertz CT molecular complexity index is 1180. The second-order valence-corrected chi connectivity index (χ2v) is 9.87. The molecule has 1 aliphatic carbocycles. The molecule has 0 fully saturated rings. The van der Waals surface area contributed by atoms with Gasteiger partial charge < -0.3 is 23.7 Å². The van der Waals surface area contributed by atoms with E-state index in [1.165, 1.54) is 5.57 Å². The normalized spacial score (nSPS) is 18.7. The average molecular weight is 465 g/mol. The van der Waals surface area contributed by atoms with Crippen molar-refractivity contribution in [3.8, 4) is 11.1 Å². The van der Waals surface area contributed by atoms with E-state index in [1.54, 1.807) is 14.2 Å². The first kappa shape index (κ1) is 24.1. The molecule has 2 aliphatic rings. The van der Waals surface area contributed by atoms with E-state index in [9.17, 15) is 4.79 Å². The van der Waals surface area contributed by atoms with Crippen molar-refractivity contribution in [2.24, 2.45) is 0 Å². The number of hydrogen-bond donors (Lipinski definition) is 0. The van der Waals surface area contributed by atoms with Crippen LogP contribution in [-0.2, 0) is 19.7 Å². The van der Waals surface area contributed by atoms with Crippen molar-refractivity contribution < 1.29 is 19.0 Å². The minimum atomic E-state index is -0.296. The molecule has 0 saturated carbocycles. The second-order valence-electron chi connectivity index (χ2n) is 9.87. The molecular weight excluding hydrogens is 428 g/mol. The molecule has 1 aromatic heterocycles. The predicted molar refractivity (Wildman–Crippen MR) is 136 cm³/mol. The fraction of sp³-hybridized carbons (Fsp3) is 0.464. The van der Waals surface area contributed by atoms with Crippen LogP contribution in [0.2, 0.25) is 0 Å². The average Bonchev–Trinajstić information content (AvgIpc) is 3.12. The van der Waals surface area contributed by atoms with Crippen molar-refractivity contribution in [3.63, 3.8) is 0 Å². The highest BCUT2D eigenvalue weighted by Gasteiger charge is 2.41. The first-order chi connectivity index (χ1) is 16.1. The summed E-state index contributed by atoms with van der Waals surface area (Å²) in [5.74, 6) is 0.479. The van der Waals surface area contributed by atoms with Crippen molar-refractivity contribution >= 4 is 17.2 Å². The molecular formula is C28H36N2O4. The van der Waals surface area contributed by atoms with Crippen LogP contribution in [0.3, 0.4) is 0 Å². The Kier molecular flexibility index (Phi) is 6.38. The zero-order valence-corrected chi connectivity index (χ0v) is 21.6. The molecule has 2 aromatic rings. The van der Waals surface area contributed by atoms with Crippen LogP contribution in [0, 0.1) is 6.92 Å². The molecule has 0 N–H and O–H groups in total. The van der Waals surface area contributed by atoms with Gasteiger partial charge in [0.1, 0.15) is 11.9 Å². The van der Waals surface area contributed by atoms with E-state index in [0.29, 0.717) is 12.2 Å². The van der Waals surface area contributed by atoms with Crippen molar-refractivity contribution in [2.45, 2.75) is 52.2 Å². The maximum atomic E-state index is 13.6. The number of aromatic nitrogens is 1. The largest absolute Gasteiger partial charge is 0.498 e. The molecule has 1 aromatic carbocycles. The van der Waals surface area contributed by atoms with E-state index in [2.05, 4.69) is 54.5 Å². The summed E-state index contributed by atoms with van der Waals surface area (Å²) >= 11 is 0. The molecule has 6 heteroatoms. The van der Waals surface area contributed by atoms with Gasteiger partial charge in [0.2, 0.25) is 0 Å². The number of rotatable bonds is 6. The lowest BCUT2D eigenvalue weighted by Crippen LogP contribution is -2.35. The number of esters is 1. The Morgan fingerprint density at radius 1 is 1.24 bits per heavy atom. The van der Waals surface area contributed by atoms with E-state index >= 15 is 0 Å². The number of fused-ring (bicyclic) bond motifs is 2. The van der Waals surface area contributed by atoms with E-state index in [4.69, 9.17) is 14.2 Å². The SMILES string of the molecule is CCOC(=O)c1c(-c2cccc(N(C)C)c2)c(C)n2c1C1=C(CC(OC)C(OC)=C1)CC2(C)C. The van der Waals surface area contributed by atoms with Gasteiger partial charge in [0, 0.05) is 55.7 Å². The number of benzene rings is 1. The van der Waals surface area contributed by atoms with E-state index in [0.717, 1.165) is 52.4 Å². The molecule has 182 valence electrons. The smallest absolute Gasteiger partial charge is 0.340 e. The summed E-state index contributed by atoms with van der Waals surface area (Å²) in [6.45, 7) is 8.75. The number of ether oxygens (including phenoxy) is 3. The molecule has 0 bridgehead atoms. The highest BCUT2D eigenvalue weighted by molar-refractivity contribution is 6.05. The second kappa shape index (κ2) is 8.99. The monoisotopic (exact) mass is 464 g/mol. The lowest BCUT2D eigenvalue weighted by Gasteiger charge is -2.40. The summed E-state index contributed by atoms with van der Waals surface area (Å²) in [6.07, 6.45) is 3.55. The zero-order chi connectivity index (χ0) is 24.8. The molecule has 34 heavy (non-hydrogen) atoms. The van der Waals surface area contributed by atoms with Gasteiger partial charge in [0.05, 0.1) is 25.0 Å². The van der Waals surface area contributed by atoms with Crippen LogP contribution in [0.4, 0.5) is 5.69 Å². The summed E-state index contributed by atoms with van der Waals surface area (Å²) in [5.41, 5.74) is 7.73. The van der Waals surface area contributed by atoms with Gasteiger partial charge in [0.25, 0.3) is 0 Å². The zero-order valence-electron chi connectivity index (χ0n) is 21.6. The standard InChI is InChI=1S/C28H36N2O4/c1-9-34-27(31)25-24(18-11-10-12-20(13-18)29(5)6)17(2)30-26(25)21-15-23(33-8)22(32-7)14-19(21)16-28(30,3)4/h10-13,15,22H,9,14,16H2,1-8H3. The van der Waals surface area contributed by atoms with Gasteiger partial charge in [0.15, 0.2) is 0 Å². The number of anilines is 1. The minimum absolute atomic E-state index is 0.121. The van der Waals surface area contributed by atoms with E-state index < -0.39 is 0 Å². The number of allylic oxidation sites excluding steroid dienone is 2. The van der Waals surface area contributed by atoms with Crippen LogP contribution in [0.15, 0.2) is 41.7 Å². The Balaban J connectivity index is 2.06. The maximum absolute atomic E-state index is 13.6. The van der Waals surface area contributed by atoms with Gasteiger partial charge in [-0.05, 0) is 57.9 Å². The molecule has 4 rings (SSSR count). The van der Waals surface area contributed by atoms with E-state index in [-0.39, 0.29) is 17.6 Å². The molecule has 0 radical (unpaired) electrons. The Hall–Kier alpha value is -2.99. The van der Waals surface area contributed by atoms with Crippen molar-refractivity contribution in [1.29, 1.82) is 0 Å². The summed E-state index contributed by atoms with van der Waals surface area (Å²) in [7, 11) is 7.43. The topological polar surface area (TPSA) is 52.9 Å². The van der Waals surface area contributed by atoms with Crippen LogP contribution in [0.1, 0.15) is 55.4 Å². The minimum Gasteiger partial charge on any atom is -0.498 e. The predicted octanol–water partition coefficient (Wildman–Crippen LogP) is 5.55. The quantitative estimate of drug-likeness (QED) is 0.525. The third-order valence-corrected chi connectivity index (χ3v) is 6.98. The highest BCUT2D eigenvalue weighted by atomic mass is 16.5.